The summed E-state index contributed by atoms with van der Waals surface area (Å²) in [6, 6.07) is 23.3. The van der Waals surface area contributed by atoms with Gasteiger partial charge in [-0.3, -0.25) is 0 Å². The van der Waals surface area contributed by atoms with E-state index in [0.29, 0.717) is 24.6 Å². The molecule has 0 unspecified atom stereocenters. The van der Waals surface area contributed by atoms with Gasteiger partial charge in [-0.1, -0.05) is 76.5 Å². The molecule has 3 aromatic carbocycles. The molecule has 0 radical (unpaired) electrons. The van der Waals surface area contributed by atoms with Crippen LogP contribution in [0.2, 0.25) is 0 Å². The van der Waals surface area contributed by atoms with Gasteiger partial charge >= 0.3 is 13.2 Å². The van der Waals surface area contributed by atoms with E-state index in [1.807, 2.05) is 53.7 Å². The molecule has 3 aromatic rings. The van der Waals surface area contributed by atoms with Crippen LogP contribution in [-0.4, -0.2) is 126 Å². The Kier molecular flexibility index (Phi) is 33.5. The minimum atomic E-state index is -1.40. The second-order valence-electron chi connectivity index (χ2n) is 16.4. The van der Waals surface area contributed by atoms with Gasteiger partial charge in [0.15, 0.2) is 0 Å². The zero-order valence-electron chi connectivity index (χ0n) is 39.4. The minimum absolute atomic E-state index is 0. The highest BCUT2D eigenvalue weighted by Crippen LogP contribution is 2.30. The molecule has 7 N–H and O–H groups in total. The summed E-state index contributed by atoms with van der Waals surface area (Å²) in [5.41, 5.74) is 14.1. The van der Waals surface area contributed by atoms with Crippen molar-refractivity contribution in [3.05, 3.63) is 83.9 Å². The first-order chi connectivity index (χ1) is 30.5. The lowest BCUT2D eigenvalue weighted by molar-refractivity contribution is 0.00817. The van der Waals surface area contributed by atoms with Crippen molar-refractivity contribution in [2.45, 2.75) is 101 Å². The standard InChI is InChI=1S/C16H23NO3.C11H15NO.C8H11BO3.C6H13NO.C4H8IN.ClHN4.2ClH/c1-5-19-14-8-6-12(7-9-14)13-10-17(11-13)15(18)20-16(2,3)4;1-2-13-11-5-3-9(4-6-11)10-7-12-8-10;1-2-12-8-5-3-7(4-6-8)9(10)11;7-5-3-1-2-4-6(5)8;1-6-2-4(5)3-6;1-3-5-4-2;;/h6-9,13H,5,10-11H2,1-4H3;3-6,10,12H,2,7-8H2,1H3;3-6,10-11H,2H2,1H3;5-6,8H,1-4,7H2;4H,2-3H2,1H3;2H;2*1H/t;;;5-,6-;;;;/m...1..../s1. The number of rotatable bonds is 10. The van der Waals surface area contributed by atoms with Crippen LogP contribution in [-0.2, 0) is 4.74 Å². The molecule has 21 heteroatoms. The fraction of sp³-hybridized carbons (Fsp3) is 0.578. The number of benzene rings is 3. The van der Waals surface area contributed by atoms with Gasteiger partial charge in [0.05, 0.1) is 37.7 Å². The maximum absolute atomic E-state index is 11.8. The topological polar surface area (TPSA) is 220 Å². The van der Waals surface area contributed by atoms with E-state index < -0.39 is 12.7 Å². The summed E-state index contributed by atoms with van der Waals surface area (Å²) in [5, 5.41) is 34.9. The van der Waals surface area contributed by atoms with Crippen molar-refractivity contribution < 1.29 is 38.9 Å². The molecule has 4 fully saturated rings. The van der Waals surface area contributed by atoms with Gasteiger partial charge in [0.1, 0.15) is 22.8 Å². The van der Waals surface area contributed by atoms with Gasteiger partial charge in [0.2, 0.25) is 0 Å². The number of halogens is 4. The number of nitrogens with zero attached hydrogens (tertiary/aromatic N) is 5. The number of nitrogens with two attached hydrogens (primary N) is 1. The number of ether oxygens (including phenoxy) is 4. The van der Waals surface area contributed by atoms with Gasteiger partial charge in [-0.15, -0.1) is 24.8 Å². The highest BCUT2D eigenvalue weighted by atomic mass is 127. The molecule has 66 heavy (non-hydrogen) atoms. The third kappa shape index (κ3) is 25.9. The van der Waals surface area contributed by atoms with Crippen molar-refractivity contribution >= 4 is 77.9 Å². The van der Waals surface area contributed by atoms with Crippen LogP contribution in [0.1, 0.15) is 90.2 Å². The van der Waals surface area contributed by atoms with Crippen LogP contribution in [0.25, 0.3) is 0 Å². The maximum Gasteiger partial charge on any atom is 0.488 e. The Morgan fingerprint density at radius 1 is 0.818 bits per heavy atom. The predicted molar refractivity (Wildman–Crippen MR) is 277 cm³/mol. The summed E-state index contributed by atoms with van der Waals surface area (Å²) in [6.45, 7) is 19.8. The first kappa shape index (κ1) is 63.0. The van der Waals surface area contributed by atoms with E-state index in [9.17, 15) is 4.79 Å². The summed E-state index contributed by atoms with van der Waals surface area (Å²) in [7, 11) is 0.746. The largest absolute Gasteiger partial charge is 0.494 e. The third-order valence-electron chi connectivity index (χ3n) is 10.0. The van der Waals surface area contributed by atoms with Crippen molar-refractivity contribution in [3.63, 3.8) is 0 Å². The molecule has 1 aliphatic carbocycles. The van der Waals surface area contributed by atoms with Crippen LogP contribution >= 0.6 is 59.2 Å². The molecule has 0 spiro atoms. The molecule has 2 atom stereocenters. The lowest BCUT2D eigenvalue weighted by atomic mass is 9.80. The molecular formula is C45H73BCl3IN8O8. The lowest BCUT2D eigenvalue weighted by Gasteiger charge is -2.40. The number of hydrogen-bond donors (Lipinski definition) is 6. The van der Waals surface area contributed by atoms with Crippen molar-refractivity contribution in [1.82, 2.24) is 15.1 Å². The molecule has 3 saturated heterocycles. The average Bonchev–Trinajstić information content (AvgIpc) is 3.20. The molecule has 0 bridgehead atoms. The van der Waals surface area contributed by atoms with Crippen LogP contribution in [0.4, 0.5) is 4.79 Å². The van der Waals surface area contributed by atoms with Gasteiger partial charge in [-0.05, 0) is 125 Å². The first-order valence-electron chi connectivity index (χ1n) is 21.9. The van der Waals surface area contributed by atoms with E-state index in [4.69, 9.17) is 45.4 Å². The number of hydrogen-bond acceptors (Lipinski definition) is 13. The number of carbonyl (C=O) groups is 1. The molecule has 3 aliphatic heterocycles. The van der Waals surface area contributed by atoms with Gasteiger partial charge in [-0.2, -0.15) is 5.53 Å². The van der Waals surface area contributed by atoms with Gasteiger partial charge in [-0.25, -0.2) is 4.79 Å². The molecule has 0 aromatic heterocycles. The molecule has 16 nitrogen and oxygen atoms in total. The summed E-state index contributed by atoms with van der Waals surface area (Å²) >= 11 is 7.01. The fourth-order valence-electron chi connectivity index (χ4n) is 6.38. The fourth-order valence-corrected chi connectivity index (χ4v) is 7.76. The Morgan fingerprint density at radius 3 is 1.53 bits per heavy atom. The van der Waals surface area contributed by atoms with E-state index >= 15 is 0 Å². The Balaban J connectivity index is 0.000000810. The number of nitrogens with one attached hydrogen (secondary N) is 2. The molecule has 372 valence electrons. The second-order valence-corrected chi connectivity index (χ2v) is 18.3. The first-order valence-corrected chi connectivity index (χ1v) is 23.5. The van der Waals surface area contributed by atoms with E-state index in [1.54, 1.807) is 29.2 Å². The van der Waals surface area contributed by atoms with E-state index in [2.05, 4.69) is 103 Å². The van der Waals surface area contributed by atoms with Crippen LogP contribution in [0.15, 0.2) is 87.9 Å². The molecule has 3 heterocycles. The van der Waals surface area contributed by atoms with Crippen molar-refractivity contribution in [3.8, 4) is 17.2 Å². The smallest absolute Gasteiger partial charge is 0.488 e. The molecular weight excluding hydrogens is 1020 g/mol. The van der Waals surface area contributed by atoms with Crippen LogP contribution < -0.4 is 30.7 Å². The average molecular weight is 1100 g/mol. The molecule has 7 rings (SSSR count). The third-order valence-corrected chi connectivity index (χ3v) is 10.9. The zero-order chi connectivity index (χ0) is 47.5. The van der Waals surface area contributed by atoms with Crippen molar-refractivity contribution in [1.29, 1.82) is 5.53 Å². The highest BCUT2D eigenvalue weighted by molar-refractivity contribution is 14.1. The molecule has 1 amide bonds. The Labute approximate surface area is 423 Å². The number of amides is 1. The normalized spacial score (nSPS) is 17.7. The number of likely N-dealkylation sites (tertiary alicyclic amines) is 2. The minimum Gasteiger partial charge on any atom is -0.494 e. The van der Waals surface area contributed by atoms with Crippen molar-refractivity contribution in [2.24, 2.45) is 20.8 Å². The number of carbonyl (C=O) groups excluding carboxylic acids is 1. The van der Waals surface area contributed by atoms with Crippen molar-refractivity contribution in [2.75, 3.05) is 66.1 Å². The molecule has 1 saturated carbocycles. The van der Waals surface area contributed by atoms with Crippen LogP contribution in [0, 0.1) is 5.53 Å². The summed E-state index contributed by atoms with van der Waals surface area (Å²) in [4.78, 5) is 15.9. The van der Waals surface area contributed by atoms with Crippen LogP contribution in [0.3, 0.4) is 0 Å². The summed E-state index contributed by atoms with van der Waals surface area (Å²) in [6.07, 6.45) is 3.80. The van der Waals surface area contributed by atoms with E-state index in [1.165, 1.54) is 30.6 Å². The van der Waals surface area contributed by atoms with Gasteiger partial charge < -0.3 is 55.0 Å². The quantitative estimate of drug-likeness (QED) is 0.0373. The molecule has 4 aliphatic rings. The SMILES string of the molecule is CCOc1ccc(B(O)O)cc1.CCOc1ccc(C2CN(C(=O)OC(C)(C)C)C2)cc1.CCOc1ccc(C2CNC2)cc1.CN1CC(I)C1.Cl.Cl.N=NN=NCl.N[C@@H]1CCCC[C@H]1O. The lowest BCUT2D eigenvalue weighted by Crippen LogP contribution is -2.50. The Hall–Kier alpha value is -3.05. The monoisotopic (exact) mass is 1100 g/mol. The maximum atomic E-state index is 11.8. The Morgan fingerprint density at radius 2 is 1.26 bits per heavy atom. The second kappa shape index (κ2) is 35.1. The zero-order valence-corrected chi connectivity index (χ0v) is 43.9. The predicted octanol–water partition coefficient (Wildman–Crippen LogP) is 8.32. The highest BCUT2D eigenvalue weighted by Gasteiger charge is 2.34. The van der Waals surface area contributed by atoms with Gasteiger partial charge in [0, 0.05) is 61.1 Å². The number of alkyl halides is 1. The van der Waals surface area contributed by atoms with E-state index in [-0.39, 0.29) is 43.1 Å². The number of aliphatic hydroxyl groups excluding tert-OH is 1. The summed E-state index contributed by atoms with van der Waals surface area (Å²) in [5.74, 6) is 3.72. The van der Waals surface area contributed by atoms with E-state index in [0.717, 1.165) is 79.1 Å². The number of aliphatic hydroxyl groups is 1. The van der Waals surface area contributed by atoms with Gasteiger partial charge in [0.25, 0.3) is 0 Å². The Bertz CT molecular complexity index is 1720. The van der Waals surface area contributed by atoms with Crippen LogP contribution in [0.5, 0.6) is 17.2 Å². The summed E-state index contributed by atoms with van der Waals surface area (Å²) < 4.78 is 24.9.